The number of likely N-dealkylation sites (tertiary alicyclic amines) is 1. The molecule has 0 radical (unpaired) electrons. The number of benzene rings is 1. The van der Waals surface area contributed by atoms with Crippen molar-refractivity contribution in [1.82, 2.24) is 15.2 Å². The summed E-state index contributed by atoms with van der Waals surface area (Å²) in [5.41, 5.74) is 0.708. The lowest BCUT2D eigenvalue weighted by Gasteiger charge is -2.30. The van der Waals surface area contributed by atoms with Crippen LogP contribution in [0.3, 0.4) is 0 Å². The van der Waals surface area contributed by atoms with Gasteiger partial charge in [-0.25, -0.2) is 4.98 Å². The summed E-state index contributed by atoms with van der Waals surface area (Å²) in [5.74, 6) is -0.138. The minimum Gasteiger partial charge on any atom is -0.349 e. The predicted molar refractivity (Wildman–Crippen MR) is 121 cm³/mol. The first kappa shape index (κ1) is 22.2. The van der Waals surface area contributed by atoms with Gasteiger partial charge in [-0.3, -0.25) is 9.59 Å². The van der Waals surface area contributed by atoms with Crippen molar-refractivity contribution in [2.24, 2.45) is 5.92 Å². The number of aromatic nitrogens is 1. The van der Waals surface area contributed by atoms with Crippen LogP contribution in [-0.2, 0) is 16.1 Å². The van der Waals surface area contributed by atoms with Gasteiger partial charge >= 0.3 is 0 Å². The molecule has 2 heterocycles. The van der Waals surface area contributed by atoms with Crippen molar-refractivity contribution in [3.05, 3.63) is 50.4 Å². The molecule has 0 bridgehead atoms. The van der Waals surface area contributed by atoms with Gasteiger partial charge in [-0.05, 0) is 36.8 Å². The molecule has 0 spiro atoms. The Morgan fingerprint density at radius 2 is 2.07 bits per heavy atom. The average molecular weight is 470 g/mol. The number of hydrogen-bond donors (Lipinski definition) is 1. The van der Waals surface area contributed by atoms with Crippen molar-refractivity contribution in [3.8, 4) is 0 Å². The highest BCUT2D eigenvalue weighted by Gasteiger charge is 2.26. The molecule has 2 amide bonds. The fraction of sp³-hybridized carbons (Fsp3) is 0.350. The summed E-state index contributed by atoms with van der Waals surface area (Å²) in [6.07, 6.45) is 8.16. The molecule has 0 saturated carbocycles. The summed E-state index contributed by atoms with van der Waals surface area (Å²) in [7, 11) is 0. The van der Waals surface area contributed by atoms with Crippen LogP contribution < -0.4 is 5.32 Å². The molecule has 1 aliphatic rings. The maximum absolute atomic E-state index is 12.5. The quantitative estimate of drug-likeness (QED) is 0.490. The summed E-state index contributed by atoms with van der Waals surface area (Å²) in [5, 5.41) is 6.65. The maximum Gasteiger partial charge on any atom is 0.246 e. The Hall–Kier alpha value is -1.54. The molecule has 0 atom stereocenters. The average Bonchev–Trinajstić information content (AvgIpc) is 3.26. The van der Waals surface area contributed by atoms with Crippen LogP contribution in [0.25, 0.3) is 6.08 Å². The SMILES string of the molecule is CSc1ccc(/C=C/C(=O)N2CCC(C(=O)NCc3nccs3)CC2)c(Cl)c1Cl. The van der Waals surface area contributed by atoms with Gasteiger partial charge in [-0.2, -0.15) is 0 Å². The molecule has 0 aliphatic carbocycles. The van der Waals surface area contributed by atoms with E-state index in [1.165, 1.54) is 29.2 Å². The van der Waals surface area contributed by atoms with E-state index in [4.69, 9.17) is 23.2 Å². The van der Waals surface area contributed by atoms with E-state index in [2.05, 4.69) is 10.3 Å². The Balaban J connectivity index is 1.50. The van der Waals surface area contributed by atoms with Gasteiger partial charge in [0.1, 0.15) is 5.01 Å². The van der Waals surface area contributed by atoms with Crippen molar-refractivity contribution >= 4 is 64.2 Å². The van der Waals surface area contributed by atoms with Crippen molar-refractivity contribution in [2.45, 2.75) is 24.3 Å². The maximum atomic E-state index is 12.5. The summed E-state index contributed by atoms with van der Waals surface area (Å²) < 4.78 is 0. The third-order valence-corrected chi connectivity index (χ3v) is 7.35. The van der Waals surface area contributed by atoms with Gasteiger partial charge in [0.25, 0.3) is 0 Å². The minimum atomic E-state index is -0.0900. The first-order chi connectivity index (χ1) is 14.0. The Kier molecular flexibility index (Phi) is 8.00. The zero-order chi connectivity index (χ0) is 20.8. The molecule has 2 aromatic rings. The number of rotatable bonds is 6. The Labute approximate surface area is 188 Å². The van der Waals surface area contributed by atoms with Crippen LogP contribution >= 0.6 is 46.3 Å². The molecule has 154 valence electrons. The number of nitrogens with one attached hydrogen (secondary N) is 1. The standard InChI is InChI=1S/C20H21Cl2N3O2S2/c1-28-15-4-2-13(18(21)19(15)22)3-5-17(26)25-9-6-14(7-10-25)20(27)24-12-16-23-8-11-29-16/h2-5,8,11,14H,6-7,9-10,12H2,1H3,(H,24,27)/b5-3+. The van der Waals surface area contributed by atoms with Crippen molar-refractivity contribution in [3.63, 3.8) is 0 Å². The molecule has 5 nitrogen and oxygen atoms in total. The molecule has 1 N–H and O–H groups in total. The highest BCUT2D eigenvalue weighted by Crippen LogP contribution is 2.35. The van der Waals surface area contributed by atoms with E-state index in [1.807, 2.05) is 23.8 Å². The van der Waals surface area contributed by atoms with Crippen LogP contribution in [0.2, 0.25) is 10.0 Å². The fourth-order valence-electron chi connectivity index (χ4n) is 3.11. The number of carbonyl (C=O) groups is 2. The molecule has 9 heteroatoms. The van der Waals surface area contributed by atoms with Gasteiger partial charge in [0, 0.05) is 41.6 Å². The lowest BCUT2D eigenvalue weighted by molar-refractivity contribution is -0.132. The zero-order valence-corrected chi connectivity index (χ0v) is 19.0. The van der Waals surface area contributed by atoms with E-state index in [1.54, 1.807) is 17.2 Å². The predicted octanol–water partition coefficient (Wildman–Crippen LogP) is 4.74. The van der Waals surface area contributed by atoms with Gasteiger partial charge in [0.2, 0.25) is 11.8 Å². The smallest absolute Gasteiger partial charge is 0.246 e. The Morgan fingerprint density at radius 1 is 1.31 bits per heavy atom. The molecular formula is C20H21Cl2N3O2S2. The first-order valence-electron chi connectivity index (χ1n) is 9.14. The number of amides is 2. The second-order valence-corrected chi connectivity index (χ2v) is 9.14. The molecule has 1 saturated heterocycles. The number of carbonyl (C=O) groups excluding carboxylic acids is 2. The second-order valence-electron chi connectivity index (χ2n) is 6.56. The van der Waals surface area contributed by atoms with E-state index < -0.39 is 0 Å². The highest BCUT2D eigenvalue weighted by atomic mass is 35.5. The lowest BCUT2D eigenvalue weighted by Crippen LogP contribution is -2.42. The summed E-state index contributed by atoms with van der Waals surface area (Å²) in [6.45, 7) is 1.56. The molecular weight excluding hydrogens is 449 g/mol. The number of thioether (sulfide) groups is 1. The van der Waals surface area contributed by atoms with Crippen molar-refractivity contribution in [1.29, 1.82) is 0 Å². The molecule has 1 fully saturated rings. The topological polar surface area (TPSA) is 62.3 Å². The first-order valence-corrected chi connectivity index (χ1v) is 12.0. The molecule has 0 unspecified atom stereocenters. The van der Waals surface area contributed by atoms with Gasteiger partial charge in [-0.1, -0.05) is 29.3 Å². The van der Waals surface area contributed by atoms with Crippen molar-refractivity contribution in [2.75, 3.05) is 19.3 Å². The van der Waals surface area contributed by atoms with E-state index in [0.29, 0.717) is 48.1 Å². The van der Waals surface area contributed by atoms with Crippen LogP contribution in [0, 0.1) is 5.92 Å². The molecule has 29 heavy (non-hydrogen) atoms. The monoisotopic (exact) mass is 469 g/mol. The van der Waals surface area contributed by atoms with Crippen LogP contribution in [0.1, 0.15) is 23.4 Å². The van der Waals surface area contributed by atoms with Crippen LogP contribution in [0.15, 0.2) is 34.7 Å². The molecule has 3 rings (SSSR count). The van der Waals surface area contributed by atoms with Gasteiger partial charge in [0.15, 0.2) is 0 Å². The molecule has 1 aliphatic heterocycles. The van der Waals surface area contributed by atoms with Gasteiger partial charge in [0.05, 0.1) is 16.6 Å². The van der Waals surface area contributed by atoms with Gasteiger partial charge in [-0.15, -0.1) is 23.1 Å². The number of halogens is 2. The largest absolute Gasteiger partial charge is 0.349 e. The normalized spacial score (nSPS) is 15.1. The number of hydrogen-bond acceptors (Lipinski definition) is 5. The molecule has 1 aromatic heterocycles. The van der Waals surface area contributed by atoms with Crippen molar-refractivity contribution < 1.29 is 9.59 Å². The van der Waals surface area contributed by atoms with E-state index in [0.717, 1.165) is 9.90 Å². The second kappa shape index (κ2) is 10.5. The summed E-state index contributed by atoms with van der Waals surface area (Å²) >= 11 is 15.6. The molecule has 1 aromatic carbocycles. The third kappa shape index (κ3) is 5.75. The summed E-state index contributed by atoms with van der Waals surface area (Å²) in [4.78, 5) is 31.6. The highest BCUT2D eigenvalue weighted by molar-refractivity contribution is 7.98. The number of thiazole rings is 1. The zero-order valence-electron chi connectivity index (χ0n) is 15.9. The van der Waals surface area contributed by atoms with Crippen LogP contribution in [0.5, 0.6) is 0 Å². The number of piperidine rings is 1. The lowest BCUT2D eigenvalue weighted by atomic mass is 9.96. The third-order valence-electron chi connectivity index (χ3n) is 4.78. The Morgan fingerprint density at radius 3 is 2.72 bits per heavy atom. The van der Waals surface area contributed by atoms with E-state index in [9.17, 15) is 9.59 Å². The van der Waals surface area contributed by atoms with Crippen LogP contribution in [0.4, 0.5) is 0 Å². The van der Waals surface area contributed by atoms with E-state index in [-0.39, 0.29) is 17.7 Å². The number of nitrogens with zero attached hydrogens (tertiary/aromatic N) is 2. The van der Waals surface area contributed by atoms with E-state index >= 15 is 0 Å². The van der Waals surface area contributed by atoms with Gasteiger partial charge < -0.3 is 10.2 Å². The summed E-state index contributed by atoms with van der Waals surface area (Å²) in [6, 6.07) is 3.74. The minimum absolute atomic E-state index is 0.0261. The van der Waals surface area contributed by atoms with Crippen LogP contribution in [-0.4, -0.2) is 41.0 Å². The Bertz CT molecular complexity index is 895. The fourth-order valence-corrected chi connectivity index (χ4v) is 4.84.